The van der Waals surface area contributed by atoms with Gasteiger partial charge in [0.25, 0.3) is 0 Å². The molecule has 2 aromatic carbocycles. The van der Waals surface area contributed by atoms with Crippen LogP contribution in [0.1, 0.15) is 30.4 Å². The van der Waals surface area contributed by atoms with Crippen molar-refractivity contribution in [3.05, 3.63) is 71.8 Å². The van der Waals surface area contributed by atoms with Gasteiger partial charge in [0.1, 0.15) is 0 Å². The van der Waals surface area contributed by atoms with E-state index in [0.717, 1.165) is 11.1 Å². The number of hydrogen-bond acceptors (Lipinski definition) is 3. The average Bonchev–Trinajstić information content (AvgIpc) is 2.58. The van der Waals surface area contributed by atoms with Gasteiger partial charge in [0, 0.05) is 0 Å². The molecule has 0 saturated carbocycles. The minimum atomic E-state index is -3.88. The third-order valence-corrected chi connectivity index (χ3v) is 6.06. The highest BCUT2D eigenvalue weighted by Crippen LogP contribution is 2.21. The van der Waals surface area contributed by atoms with E-state index in [0.29, 0.717) is 12.8 Å². The number of carboxylic acids is 1. The van der Waals surface area contributed by atoms with Gasteiger partial charge in [0.15, 0.2) is 15.1 Å². The van der Waals surface area contributed by atoms with Crippen LogP contribution in [0.4, 0.5) is 0 Å². The Morgan fingerprint density at radius 2 is 1.72 bits per heavy atom. The SMILES string of the molecule is Cc1ccc(S(=O)(=O)C(CCC/C=C/c2ccccc2)C(=O)O)cc1. The van der Waals surface area contributed by atoms with Crippen molar-refractivity contribution >= 4 is 21.9 Å². The Morgan fingerprint density at radius 1 is 1.08 bits per heavy atom. The molecule has 1 atom stereocenters. The van der Waals surface area contributed by atoms with E-state index in [9.17, 15) is 18.3 Å². The van der Waals surface area contributed by atoms with Gasteiger partial charge in [-0.3, -0.25) is 4.79 Å². The number of rotatable bonds is 8. The number of allylic oxidation sites excluding steroid dienone is 1. The van der Waals surface area contributed by atoms with Crippen LogP contribution in [0.3, 0.4) is 0 Å². The maximum atomic E-state index is 12.6. The summed E-state index contributed by atoms with van der Waals surface area (Å²) in [6, 6.07) is 16.0. The molecule has 2 rings (SSSR count). The highest BCUT2D eigenvalue weighted by molar-refractivity contribution is 7.92. The first-order chi connectivity index (χ1) is 11.9. The van der Waals surface area contributed by atoms with Crippen LogP contribution in [0.15, 0.2) is 65.6 Å². The van der Waals surface area contributed by atoms with Crippen molar-refractivity contribution in [1.29, 1.82) is 0 Å². The van der Waals surface area contributed by atoms with E-state index in [4.69, 9.17) is 0 Å². The van der Waals surface area contributed by atoms with Gasteiger partial charge in [-0.2, -0.15) is 0 Å². The molecule has 25 heavy (non-hydrogen) atoms. The molecule has 0 aliphatic rings. The molecule has 4 nitrogen and oxygen atoms in total. The fraction of sp³-hybridized carbons (Fsp3) is 0.250. The van der Waals surface area contributed by atoms with Gasteiger partial charge < -0.3 is 5.11 Å². The van der Waals surface area contributed by atoms with E-state index in [2.05, 4.69) is 0 Å². The zero-order chi connectivity index (χ0) is 18.3. The molecular weight excluding hydrogens is 336 g/mol. The fourth-order valence-electron chi connectivity index (χ4n) is 2.51. The van der Waals surface area contributed by atoms with E-state index >= 15 is 0 Å². The molecule has 0 spiro atoms. The lowest BCUT2D eigenvalue weighted by molar-refractivity contribution is -0.136. The standard InChI is InChI=1S/C20H22O4S/c1-16-12-14-18(15-13-16)25(23,24)19(20(21)22)11-7-3-6-10-17-8-4-2-5-9-17/h2,4-6,8-10,12-15,19H,3,7,11H2,1H3,(H,21,22)/b10-6+. The minimum absolute atomic E-state index is 0.0605. The van der Waals surface area contributed by atoms with Gasteiger partial charge in [0.05, 0.1) is 4.90 Å². The summed E-state index contributed by atoms with van der Waals surface area (Å²) in [5.41, 5.74) is 1.99. The molecule has 0 aromatic heterocycles. The number of unbranched alkanes of at least 4 members (excludes halogenated alkanes) is 1. The van der Waals surface area contributed by atoms with Crippen LogP contribution in [0, 0.1) is 6.92 Å². The molecule has 0 aliphatic carbocycles. The van der Waals surface area contributed by atoms with E-state index in [1.165, 1.54) is 12.1 Å². The normalized spacial score (nSPS) is 13.0. The predicted molar refractivity (Wildman–Crippen MR) is 99.1 cm³/mol. The first-order valence-electron chi connectivity index (χ1n) is 8.16. The molecular formula is C20H22O4S. The van der Waals surface area contributed by atoms with Crippen LogP contribution in [0.25, 0.3) is 6.08 Å². The van der Waals surface area contributed by atoms with Crippen molar-refractivity contribution in [2.75, 3.05) is 0 Å². The van der Waals surface area contributed by atoms with Crippen molar-refractivity contribution < 1.29 is 18.3 Å². The highest BCUT2D eigenvalue weighted by atomic mass is 32.2. The Kier molecular flexibility index (Phi) is 6.53. The fourth-order valence-corrected chi connectivity index (χ4v) is 4.09. The van der Waals surface area contributed by atoms with Crippen LogP contribution in [-0.4, -0.2) is 24.7 Å². The summed E-state index contributed by atoms with van der Waals surface area (Å²) in [6.07, 6.45) is 5.09. The molecule has 0 fully saturated rings. The van der Waals surface area contributed by atoms with Gasteiger partial charge in [-0.05, 0) is 43.9 Å². The zero-order valence-corrected chi connectivity index (χ0v) is 14.9. The topological polar surface area (TPSA) is 71.4 Å². The minimum Gasteiger partial charge on any atom is -0.480 e. The third-order valence-electron chi connectivity index (χ3n) is 3.95. The molecule has 1 N–H and O–H groups in total. The Morgan fingerprint density at radius 3 is 2.32 bits per heavy atom. The van der Waals surface area contributed by atoms with Gasteiger partial charge >= 0.3 is 5.97 Å². The summed E-state index contributed by atoms with van der Waals surface area (Å²) in [5, 5.41) is 7.95. The molecule has 0 bridgehead atoms. The largest absolute Gasteiger partial charge is 0.480 e. The van der Waals surface area contributed by atoms with E-state index in [-0.39, 0.29) is 11.3 Å². The second-order valence-electron chi connectivity index (χ2n) is 5.93. The molecule has 132 valence electrons. The van der Waals surface area contributed by atoms with Crippen molar-refractivity contribution in [2.45, 2.75) is 36.3 Å². The van der Waals surface area contributed by atoms with Crippen molar-refractivity contribution in [1.82, 2.24) is 0 Å². The Hall–Kier alpha value is -2.40. The number of aryl methyl sites for hydroxylation is 1. The molecule has 0 radical (unpaired) electrons. The van der Waals surface area contributed by atoms with Crippen molar-refractivity contribution in [3.63, 3.8) is 0 Å². The lowest BCUT2D eigenvalue weighted by atomic mass is 10.1. The Bertz CT molecular complexity index is 822. The molecule has 0 aliphatic heterocycles. The van der Waals surface area contributed by atoms with Gasteiger partial charge in [-0.15, -0.1) is 0 Å². The van der Waals surface area contributed by atoms with Crippen LogP contribution in [0.2, 0.25) is 0 Å². The zero-order valence-electron chi connectivity index (χ0n) is 14.1. The van der Waals surface area contributed by atoms with Crippen LogP contribution >= 0.6 is 0 Å². The Labute approximate surface area is 148 Å². The first-order valence-corrected chi connectivity index (χ1v) is 9.71. The van der Waals surface area contributed by atoms with Crippen LogP contribution in [0.5, 0.6) is 0 Å². The second kappa shape index (κ2) is 8.62. The number of carbonyl (C=O) groups is 1. The lowest BCUT2D eigenvalue weighted by Crippen LogP contribution is -2.30. The van der Waals surface area contributed by atoms with Gasteiger partial charge in [0.2, 0.25) is 0 Å². The molecule has 5 heteroatoms. The third kappa shape index (κ3) is 5.29. The maximum absolute atomic E-state index is 12.6. The molecule has 0 heterocycles. The number of hydrogen-bond donors (Lipinski definition) is 1. The number of benzene rings is 2. The second-order valence-corrected chi connectivity index (χ2v) is 8.06. The summed E-state index contributed by atoms with van der Waals surface area (Å²) >= 11 is 0. The summed E-state index contributed by atoms with van der Waals surface area (Å²) in [6.45, 7) is 1.85. The highest BCUT2D eigenvalue weighted by Gasteiger charge is 2.33. The summed E-state index contributed by atoms with van der Waals surface area (Å²) in [7, 11) is -3.88. The predicted octanol–water partition coefficient (Wildman–Crippen LogP) is 4.11. The average molecular weight is 358 g/mol. The number of carboxylic acid groups (broad SMARTS) is 1. The first kappa shape index (κ1) is 18.9. The van der Waals surface area contributed by atoms with Crippen LogP contribution in [-0.2, 0) is 14.6 Å². The van der Waals surface area contributed by atoms with Gasteiger partial charge in [-0.25, -0.2) is 8.42 Å². The summed E-state index contributed by atoms with van der Waals surface area (Å²) in [4.78, 5) is 11.5. The summed E-state index contributed by atoms with van der Waals surface area (Å²) in [5.74, 6) is -1.30. The van der Waals surface area contributed by atoms with Crippen LogP contribution < -0.4 is 0 Å². The van der Waals surface area contributed by atoms with Crippen molar-refractivity contribution in [2.24, 2.45) is 0 Å². The van der Waals surface area contributed by atoms with Gasteiger partial charge in [-0.1, -0.05) is 60.2 Å². The maximum Gasteiger partial charge on any atom is 0.322 e. The van der Waals surface area contributed by atoms with E-state index < -0.39 is 21.1 Å². The molecule has 0 amide bonds. The lowest BCUT2D eigenvalue weighted by Gasteiger charge is -2.13. The smallest absolute Gasteiger partial charge is 0.322 e. The number of aliphatic carboxylic acids is 1. The van der Waals surface area contributed by atoms with E-state index in [1.807, 2.05) is 49.4 Å². The molecule has 0 saturated heterocycles. The number of sulfone groups is 1. The van der Waals surface area contributed by atoms with Crippen molar-refractivity contribution in [3.8, 4) is 0 Å². The quantitative estimate of drug-likeness (QED) is 0.721. The van der Waals surface area contributed by atoms with E-state index in [1.54, 1.807) is 12.1 Å². The monoisotopic (exact) mass is 358 g/mol. The summed E-state index contributed by atoms with van der Waals surface area (Å²) < 4.78 is 25.1. The Balaban J connectivity index is 2.00. The molecule has 1 unspecified atom stereocenters. The molecule has 2 aromatic rings.